The van der Waals surface area contributed by atoms with Crippen LogP contribution in [0.3, 0.4) is 0 Å². The minimum atomic E-state index is -0.593. The van der Waals surface area contributed by atoms with Gasteiger partial charge >= 0.3 is 0 Å². The molecule has 8 heavy (non-hydrogen) atoms. The second-order valence-electron chi connectivity index (χ2n) is 1.19. The molecule has 39 valence electrons. The first kappa shape index (κ1) is 4.85. The van der Waals surface area contributed by atoms with Gasteiger partial charge in [0.15, 0.2) is 0 Å². The minimum Gasteiger partial charge on any atom is -0.193 e. The van der Waals surface area contributed by atoms with Crippen LogP contribution in [-0.2, 0) is 0 Å². The van der Waals surface area contributed by atoms with Gasteiger partial charge in [-0.05, 0) is 0 Å². The molecule has 1 radical (unpaired) electrons. The van der Waals surface area contributed by atoms with Gasteiger partial charge in [-0.25, -0.2) is 0 Å². The Morgan fingerprint density at radius 1 is 1.88 bits per heavy atom. The Balaban J connectivity index is 3.05. The molecule has 0 unspecified atom stereocenters. The number of rotatable bonds is 0. The summed E-state index contributed by atoms with van der Waals surface area (Å²) >= 11 is 0. The maximum atomic E-state index is 11.9. The second-order valence-corrected chi connectivity index (χ2v) is 1.19. The highest BCUT2D eigenvalue weighted by atomic mass is 19.1. The minimum absolute atomic E-state index is 0.593. The van der Waals surface area contributed by atoms with Gasteiger partial charge in [0.05, 0.1) is 0 Å². The molecule has 1 rings (SSSR count). The predicted molar refractivity (Wildman–Crippen MR) is 24.7 cm³/mol. The number of nitrogens with zero attached hydrogens (tertiary/aromatic N) is 2. The fraction of sp³-hybridized carbons (Fsp3) is 0. The van der Waals surface area contributed by atoms with Crippen LogP contribution in [0.15, 0.2) is 12.3 Å². The molecule has 0 aliphatic carbocycles. The molecule has 1 heterocycles. The van der Waals surface area contributed by atoms with Gasteiger partial charge in [0.1, 0.15) is 0 Å². The first-order valence-electron chi connectivity index (χ1n) is 1.97. The Labute approximate surface area is 45.9 Å². The van der Waals surface area contributed by atoms with Gasteiger partial charge < -0.3 is 0 Å². The molecular formula is C5H2FN2. The highest BCUT2D eigenvalue weighted by Gasteiger charge is 1.89. The standard InChI is InChI=1S/C5H2FN2/c1-2-8-4-3-5(6)7-8/h3-4H. The maximum Gasteiger partial charge on any atom is 0.233 e. The normalized spacial score (nSPS) is 8.50. The molecule has 0 saturated heterocycles. The summed E-state index contributed by atoms with van der Waals surface area (Å²) in [5.74, 6) is -0.593. The highest BCUT2D eigenvalue weighted by Crippen LogP contribution is 1.87. The Morgan fingerprint density at radius 3 is 2.88 bits per heavy atom. The maximum absolute atomic E-state index is 11.9. The smallest absolute Gasteiger partial charge is 0.193 e. The zero-order valence-electron chi connectivity index (χ0n) is 3.93. The molecule has 1 aromatic rings. The van der Waals surface area contributed by atoms with Crippen LogP contribution in [0.5, 0.6) is 0 Å². The van der Waals surface area contributed by atoms with Crippen molar-refractivity contribution in [1.82, 2.24) is 9.78 Å². The average Bonchev–Trinajstić information content (AvgIpc) is 2.14. The predicted octanol–water partition coefficient (Wildman–Crippen LogP) is 0.418. The van der Waals surface area contributed by atoms with Crippen LogP contribution < -0.4 is 0 Å². The van der Waals surface area contributed by atoms with Crippen molar-refractivity contribution in [3.63, 3.8) is 0 Å². The van der Waals surface area contributed by atoms with Gasteiger partial charge in [-0.1, -0.05) is 0 Å². The number of aromatic nitrogens is 2. The van der Waals surface area contributed by atoms with Crippen molar-refractivity contribution in [3.8, 4) is 6.04 Å². The molecule has 0 aromatic carbocycles. The fourth-order valence-electron chi connectivity index (χ4n) is 0.364. The zero-order valence-corrected chi connectivity index (χ0v) is 3.93. The largest absolute Gasteiger partial charge is 0.233 e. The highest BCUT2D eigenvalue weighted by molar-refractivity contribution is 4.90. The van der Waals surface area contributed by atoms with Crippen molar-refractivity contribution in [1.29, 1.82) is 0 Å². The fourth-order valence-corrected chi connectivity index (χ4v) is 0.364. The summed E-state index contributed by atoms with van der Waals surface area (Å²) in [7, 11) is 0. The first-order chi connectivity index (χ1) is 3.83. The Hall–Kier alpha value is -1.30. The van der Waals surface area contributed by atoms with E-state index in [4.69, 9.17) is 6.42 Å². The Bertz CT molecular complexity index is 221. The Kier molecular flexibility index (Phi) is 1.01. The molecule has 0 saturated carbocycles. The molecule has 0 amide bonds. The molecule has 0 spiro atoms. The quantitative estimate of drug-likeness (QED) is 0.441. The first-order valence-corrected chi connectivity index (χ1v) is 1.97. The van der Waals surface area contributed by atoms with E-state index >= 15 is 0 Å². The van der Waals surface area contributed by atoms with Gasteiger partial charge in [0.2, 0.25) is 5.95 Å². The molecule has 0 aliphatic heterocycles. The van der Waals surface area contributed by atoms with Crippen molar-refractivity contribution in [3.05, 3.63) is 24.6 Å². The summed E-state index contributed by atoms with van der Waals surface area (Å²) in [4.78, 5) is 0. The van der Waals surface area contributed by atoms with E-state index in [1.54, 1.807) is 0 Å². The molecular weight excluding hydrogens is 107 g/mol. The van der Waals surface area contributed by atoms with Crippen LogP contribution >= 0.6 is 0 Å². The van der Waals surface area contributed by atoms with Crippen molar-refractivity contribution in [2.75, 3.05) is 0 Å². The number of hydrogen-bond acceptors (Lipinski definition) is 1. The van der Waals surface area contributed by atoms with Crippen molar-refractivity contribution in [2.24, 2.45) is 0 Å². The summed E-state index contributed by atoms with van der Waals surface area (Å²) in [6.07, 6.45) is 7.75. The lowest BCUT2D eigenvalue weighted by molar-refractivity contribution is 0.568. The van der Waals surface area contributed by atoms with Crippen LogP contribution in [-0.4, -0.2) is 9.78 Å². The molecule has 1 aromatic heterocycles. The molecule has 0 bridgehead atoms. The van der Waals surface area contributed by atoms with E-state index < -0.39 is 5.95 Å². The lowest BCUT2D eigenvalue weighted by atomic mass is 10.7. The third-order valence-electron chi connectivity index (χ3n) is 0.671. The average molecular weight is 109 g/mol. The lowest BCUT2D eigenvalue weighted by Crippen LogP contribution is -1.86. The van der Waals surface area contributed by atoms with Crippen LogP contribution in [0.4, 0.5) is 4.39 Å². The van der Waals surface area contributed by atoms with E-state index in [-0.39, 0.29) is 0 Å². The van der Waals surface area contributed by atoms with E-state index in [1.165, 1.54) is 6.20 Å². The Morgan fingerprint density at radius 2 is 2.62 bits per heavy atom. The summed E-state index contributed by atoms with van der Waals surface area (Å²) in [5.41, 5.74) is 0. The summed E-state index contributed by atoms with van der Waals surface area (Å²) in [6, 6.07) is 3.02. The third-order valence-corrected chi connectivity index (χ3v) is 0.671. The van der Waals surface area contributed by atoms with Crippen molar-refractivity contribution in [2.45, 2.75) is 0 Å². The van der Waals surface area contributed by atoms with E-state index in [0.29, 0.717) is 0 Å². The van der Waals surface area contributed by atoms with Gasteiger partial charge in [-0.15, -0.1) is 5.10 Å². The topological polar surface area (TPSA) is 17.8 Å². The molecule has 0 aliphatic rings. The second kappa shape index (κ2) is 1.66. The van der Waals surface area contributed by atoms with E-state index in [0.717, 1.165) is 10.7 Å². The molecule has 0 N–H and O–H groups in total. The lowest BCUT2D eigenvalue weighted by Gasteiger charge is -1.76. The zero-order chi connectivity index (χ0) is 5.98. The van der Waals surface area contributed by atoms with Gasteiger partial charge in [0.25, 0.3) is 0 Å². The summed E-state index contributed by atoms with van der Waals surface area (Å²) < 4.78 is 12.8. The van der Waals surface area contributed by atoms with Crippen LogP contribution in [0.25, 0.3) is 0 Å². The SMILES string of the molecule is [C]#Cn1ccc(F)n1. The molecule has 3 heteroatoms. The van der Waals surface area contributed by atoms with Gasteiger partial charge in [-0.3, -0.25) is 0 Å². The van der Waals surface area contributed by atoms with Crippen LogP contribution in [0.2, 0.25) is 0 Å². The van der Waals surface area contributed by atoms with Gasteiger partial charge in [-0.2, -0.15) is 9.07 Å². The molecule has 2 nitrogen and oxygen atoms in total. The number of halogens is 1. The van der Waals surface area contributed by atoms with E-state index in [9.17, 15) is 4.39 Å². The van der Waals surface area contributed by atoms with Crippen molar-refractivity contribution < 1.29 is 4.39 Å². The van der Waals surface area contributed by atoms with Crippen LogP contribution in [0, 0.1) is 18.4 Å². The molecule has 0 fully saturated rings. The molecule has 0 atom stereocenters. The monoisotopic (exact) mass is 109 g/mol. The van der Waals surface area contributed by atoms with E-state index in [1.807, 2.05) is 6.04 Å². The summed E-state index contributed by atoms with van der Waals surface area (Å²) in [6.45, 7) is 0. The van der Waals surface area contributed by atoms with E-state index in [2.05, 4.69) is 5.10 Å². The summed E-state index contributed by atoms with van der Waals surface area (Å²) in [5, 5.41) is 3.18. The van der Waals surface area contributed by atoms with Crippen molar-refractivity contribution >= 4 is 0 Å². The third kappa shape index (κ3) is 0.684. The number of hydrogen-bond donors (Lipinski definition) is 0. The van der Waals surface area contributed by atoms with Gasteiger partial charge in [0, 0.05) is 24.7 Å². The van der Waals surface area contributed by atoms with Crippen LogP contribution in [0.1, 0.15) is 0 Å².